The number of aryl methyl sites for hydroxylation is 1. The van der Waals surface area contributed by atoms with Gasteiger partial charge >= 0.3 is 12.0 Å². The van der Waals surface area contributed by atoms with Gasteiger partial charge in [0.1, 0.15) is 0 Å². The second kappa shape index (κ2) is 18.1. The van der Waals surface area contributed by atoms with Crippen molar-refractivity contribution in [1.82, 2.24) is 0 Å². The zero-order valence-corrected chi connectivity index (χ0v) is 25.6. The van der Waals surface area contributed by atoms with E-state index in [-0.39, 0.29) is 0 Å². The summed E-state index contributed by atoms with van der Waals surface area (Å²) >= 11 is 17.7. The Balaban J connectivity index is 1.79. The smallest absolute Gasteiger partial charge is 0.341 e. The van der Waals surface area contributed by atoms with Gasteiger partial charge in [-0.25, -0.2) is 4.79 Å². The van der Waals surface area contributed by atoms with Gasteiger partial charge in [-0.1, -0.05) is 120 Å². The van der Waals surface area contributed by atoms with Crippen molar-refractivity contribution in [1.29, 1.82) is 0 Å². The van der Waals surface area contributed by atoms with E-state index in [4.69, 9.17) is 33.2 Å². The Labute approximate surface area is 239 Å². The monoisotopic (exact) mass is 580 g/mol. The standard InChI is InChI=1S/C31H43Cl3O2Si/c1-2-3-4-5-6-7-8-11-14-26-16-20-28(21-17-26)29-22-18-27(19-23-29)25-30(31(35)36)15-12-9-10-13-24-37(32,33)34/h16-23,25H,2-15,24H2,1H3,(H,35,36)/b30-25+. The van der Waals surface area contributed by atoms with E-state index in [0.717, 1.165) is 43.2 Å². The number of unbranched alkanes of at least 4 members (excludes halogenated alkanes) is 10. The van der Waals surface area contributed by atoms with Crippen LogP contribution in [-0.4, -0.2) is 17.1 Å². The van der Waals surface area contributed by atoms with Crippen molar-refractivity contribution in [2.24, 2.45) is 0 Å². The van der Waals surface area contributed by atoms with Crippen molar-refractivity contribution < 1.29 is 9.90 Å². The van der Waals surface area contributed by atoms with Gasteiger partial charge in [0.15, 0.2) is 0 Å². The Morgan fingerprint density at radius 1 is 0.730 bits per heavy atom. The minimum Gasteiger partial charge on any atom is -0.478 e. The van der Waals surface area contributed by atoms with Gasteiger partial charge in [-0.15, -0.1) is 33.2 Å². The number of carboxylic acids is 1. The van der Waals surface area contributed by atoms with Crippen LogP contribution in [0.25, 0.3) is 17.2 Å². The summed E-state index contributed by atoms with van der Waals surface area (Å²) in [5.74, 6) is -0.857. The average Bonchev–Trinajstić information content (AvgIpc) is 2.87. The summed E-state index contributed by atoms with van der Waals surface area (Å²) in [5.41, 5.74) is 5.08. The molecule has 0 saturated heterocycles. The van der Waals surface area contributed by atoms with E-state index in [2.05, 4.69) is 43.3 Å². The molecule has 0 atom stereocenters. The Bertz CT molecular complexity index is 934. The Hall–Kier alpha value is -1.26. The van der Waals surface area contributed by atoms with Crippen molar-refractivity contribution in [2.45, 2.75) is 103 Å². The van der Waals surface area contributed by atoms with Gasteiger partial charge in [-0.2, -0.15) is 0 Å². The lowest BCUT2D eigenvalue weighted by Gasteiger charge is -2.08. The fourth-order valence-corrected chi connectivity index (χ4v) is 6.39. The highest BCUT2D eigenvalue weighted by molar-refractivity contribution is 7.64. The third-order valence-electron chi connectivity index (χ3n) is 6.79. The quantitative estimate of drug-likeness (QED) is 0.0775. The average molecular weight is 582 g/mol. The third-order valence-corrected chi connectivity index (χ3v) is 9.41. The van der Waals surface area contributed by atoms with Crippen LogP contribution in [0.4, 0.5) is 0 Å². The van der Waals surface area contributed by atoms with Crippen LogP contribution in [0.3, 0.4) is 0 Å². The lowest BCUT2D eigenvalue weighted by molar-refractivity contribution is -0.132. The van der Waals surface area contributed by atoms with Crippen LogP contribution in [0.2, 0.25) is 6.04 Å². The number of hydrogen-bond donors (Lipinski definition) is 1. The number of hydrogen-bond acceptors (Lipinski definition) is 1. The number of aliphatic carboxylic acids is 1. The molecule has 0 radical (unpaired) electrons. The summed E-state index contributed by atoms with van der Waals surface area (Å²) < 4.78 is 0. The first kappa shape index (κ1) is 32.0. The molecule has 0 saturated carbocycles. The second-order valence-corrected chi connectivity index (χ2v) is 19.3. The van der Waals surface area contributed by atoms with Crippen molar-refractivity contribution in [3.8, 4) is 11.1 Å². The molecule has 0 bridgehead atoms. The maximum Gasteiger partial charge on any atom is 0.341 e. The molecule has 0 aromatic heterocycles. The van der Waals surface area contributed by atoms with E-state index in [0.29, 0.717) is 18.0 Å². The predicted molar refractivity (Wildman–Crippen MR) is 165 cm³/mol. The Kier molecular flexibility index (Phi) is 15.6. The van der Waals surface area contributed by atoms with E-state index in [1.165, 1.54) is 62.5 Å². The van der Waals surface area contributed by atoms with Crippen LogP contribution < -0.4 is 0 Å². The molecular weight excluding hydrogens is 539 g/mol. The summed E-state index contributed by atoms with van der Waals surface area (Å²) in [6.07, 6.45) is 17.8. The van der Waals surface area contributed by atoms with Gasteiger partial charge in [-0.3, -0.25) is 0 Å². The van der Waals surface area contributed by atoms with Gasteiger partial charge in [0.2, 0.25) is 0 Å². The zero-order valence-electron chi connectivity index (χ0n) is 22.3. The van der Waals surface area contributed by atoms with Crippen molar-refractivity contribution in [3.05, 3.63) is 65.2 Å². The SMILES string of the molecule is CCCCCCCCCCc1ccc(-c2ccc(/C=C(\CCCCCC[Si](Cl)(Cl)Cl)C(=O)O)cc2)cc1. The predicted octanol–water partition coefficient (Wildman–Crippen LogP) is 11.1. The molecule has 6 heteroatoms. The maximum absolute atomic E-state index is 11.7. The summed E-state index contributed by atoms with van der Waals surface area (Å²) in [6, 6.07) is 15.1. The zero-order chi connectivity index (χ0) is 26.9. The Morgan fingerprint density at radius 3 is 1.81 bits per heavy atom. The molecule has 0 aliphatic rings. The topological polar surface area (TPSA) is 37.3 Å². The number of rotatable bonds is 19. The highest BCUT2D eigenvalue weighted by atomic mass is 35.8. The van der Waals surface area contributed by atoms with Crippen LogP contribution in [0, 0.1) is 0 Å². The molecule has 0 heterocycles. The van der Waals surface area contributed by atoms with Gasteiger partial charge in [0.25, 0.3) is 0 Å². The first-order valence-electron chi connectivity index (χ1n) is 14.0. The number of benzene rings is 2. The molecule has 0 spiro atoms. The minimum absolute atomic E-state index is 0.439. The van der Waals surface area contributed by atoms with Crippen LogP contribution in [0.5, 0.6) is 0 Å². The first-order chi connectivity index (χ1) is 17.8. The van der Waals surface area contributed by atoms with E-state index in [1.807, 2.05) is 12.1 Å². The fraction of sp³-hybridized carbons (Fsp3) is 0.516. The largest absolute Gasteiger partial charge is 0.478 e. The third kappa shape index (κ3) is 14.5. The molecule has 204 valence electrons. The molecule has 37 heavy (non-hydrogen) atoms. The molecule has 2 aromatic carbocycles. The molecule has 1 N–H and O–H groups in total. The van der Waals surface area contributed by atoms with Crippen molar-refractivity contribution in [3.63, 3.8) is 0 Å². The first-order valence-corrected chi connectivity index (χ1v) is 19.2. The summed E-state index contributed by atoms with van der Waals surface area (Å²) in [6.45, 7) is 2.26. The van der Waals surface area contributed by atoms with Crippen molar-refractivity contribution >= 4 is 51.3 Å². The molecule has 0 aliphatic heterocycles. The molecule has 0 aliphatic carbocycles. The highest BCUT2D eigenvalue weighted by Gasteiger charge is 2.23. The lowest BCUT2D eigenvalue weighted by Crippen LogP contribution is -2.07. The molecule has 0 amide bonds. The van der Waals surface area contributed by atoms with E-state index < -0.39 is 12.0 Å². The van der Waals surface area contributed by atoms with Crippen LogP contribution in [0.15, 0.2) is 54.1 Å². The maximum atomic E-state index is 11.7. The lowest BCUT2D eigenvalue weighted by atomic mass is 9.99. The molecule has 0 unspecified atom stereocenters. The fourth-order valence-electron chi connectivity index (χ4n) is 4.54. The highest BCUT2D eigenvalue weighted by Crippen LogP contribution is 2.28. The second-order valence-electron chi connectivity index (χ2n) is 10.0. The molecule has 2 nitrogen and oxygen atoms in total. The normalized spacial score (nSPS) is 12.2. The molecule has 2 aromatic rings. The van der Waals surface area contributed by atoms with Crippen LogP contribution >= 0.6 is 33.2 Å². The molecular formula is C31H43Cl3O2Si. The van der Waals surface area contributed by atoms with Gasteiger partial charge in [0.05, 0.1) is 0 Å². The van der Waals surface area contributed by atoms with E-state index >= 15 is 0 Å². The van der Waals surface area contributed by atoms with Gasteiger partial charge in [-0.05, 0) is 60.1 Å². The van der Waals surface area contributed by atoms with Crippen LogP contribution in [0.1, 0.15) is 102 Å². The van der Waals surface area contributed by atoms with Crippen molar-refractivity contribution in [2.75, 3.05) is 0 Å². The summed E-state index contributed by atoms with van der Waals surface area (Å²) in [7, 11) is 0. The Morgan fingerprint density at radius 2 is 1.24 bits per heavy atom. The van der Waals surface area contributed by atoms with E-state index in [9.17, 15) is 9.90 Å². The van der Waals surface area contributed by atoms with Gasteiger partial charge in [0, 0.05) is 5.57 Å². The van der Waals surface area contributed by atoms with Crippen LogP contribution in [-0.2, 0) is 11.2 Å². The van der Waals surface area contributed by atoms with E-state index in [1.54, 1.807) is 6.08 Å². The van der Waals surface area contributed by atoms with Gasteiger partial charge < -0.3 is 5.11 Å². The summed E-state index contributed by atoms with van der Waals surface area (Å²) in [5, 5.41) is 9.62. The molecule has 0 fully saturated rings. The molecule has 2 rings (SSSR count). The minimum atomic E-state index is -2.54. The summed E-state index contributed by atoms with van der Waals surface area (Å²) in [4.78, 5) is 11.7. The number of carboxylic acid groups (broad SMARTS) is 1. The number of carbonyl (C=O) groups is 1. The number of halogens is 3.